The van der Waals surface area contributed by atoms with Crippen molar-refractivity contribution in [3.63, 3.8) is 0 Å². The zero-order valence-corrected chi connectivity index (χ0v) is 12.1. The van der Waals surface area contributed by atoms with E-state index in [0.717, 1.165) is 44.8 Å². The van der Waals surface area contributed by atoms with Gasteiger partial charge in [0.05, 0.1) is 0 Å². The quantitative estimate of drug-likeness (QED) is 0.819. The lowest BCUT2D eigenvalue weighted by Gasteiger charge is -2.26. The second-order valence-corrected chi connectivity index (χ2v) is 5.85. The molecule has 1 aliphatic rings. The van der Waals surface area contributed by atoms with E-state index < -0.39 is 0 Å². The lowest BCUT2D eigenvalue weighted by atomic mass is 10.1. The zero-order chi connectivity index (χ0) is 13.7. The summed E-state index contributed by atoms with van der Waals surface area (Å²) in [6.45, 7) is 8.49. The Kier molecular flexibility index (Phi) is 5.23. The fourth-order valence-corrected chi connectivity index (χ4v) is 2.73. The number of hydrogen-bond donors (Lipinski definition) is 1. The molecule has 1 aromatic rings. The third kappa shape index (κ3) is 4.22. The topological polar surface area (TPSA) is 38.5 Å². The molecule has 1 atom stereocenters. The minimum Gasteiger partial charge on any atom is -0.488 e. The molecule has 19 heavy (non-hydrogen) atoms. The van der Waals surface area contributed by atoms with Gasteiger partial charge in [0.15, 0.2) is 0 Å². The number of benzene rings is 1. The van der Waals surface area contributed by atoms with E-state index in [9.17, 15) is 0 Å². The van der Waals surface area contributed by atoms with E-state index in [-0.39, 0.29) is 0 Å². The highest BCUT2D eigenvalue weighted by molar-refractivity contribution is 5.37. The van der Waals surface area contributed by atoms with E-state index in [1.54, 1.807) is 0 Å². The maximum atomic E-state index is 6.03. The highest BCUT2D eigenvalue weighted by Crippen LogP contribution is 2.28. The average Bonchev–Trinajstić information content (AvgIpc) is 2.77. The van der Waals surface area contributed by atoms with Crippen LogP contribution >= 0.6 is 0 Å². The van der Waals surface area contributed by atoms with Crippen LogP contribution in [0.2, 0.25) is 0 Å². The fraction of sp³-hybridized carbons (Fsp3) is 0.625. The minimum atomic E-state index is 0.300. The summed E-state index contributed by atoms with van der Waals surface area (Å²) >= 11 is 0. The Labute approximate surface area is 116 Å². The van der Waals surface area contributed by atoms with Crippen LogP contribution in [-0.4, -0.2) is 37.2 Å². The predicted octanol–water partition coefficient (Wildman–Crippen LogP) is 2.30. The van der Waals surface area contributed by atoms with Gasteiger partial charge in [0.1, 0.15) is 11.9 Å². The highest BCUT2D eigenvalue weighted by Gasteiger charge is 2.24. The summed E-state index contributed by atoms with van der Waals surface area (Å²) in [7, 11) is 0. The smallest absolute Gasteiger partial charge is 0.123 e. The summed E-state index contributed by atoms with van der Waals surface area (Å²) in [4.78, 5) is 2.49. The summed E-state index contributed by atoms with van der Waals surface area (Å²) < 4.78 is 6.03. The number of para-hydroxylation sites is 1. The molecule has 1 aromatic carbocycles. The van der Waals surface area contributed by atoms with Crippen LogP contribution in [0, 0.1) is 5.92 Å². The second-order valence-electron chi connectivity index (χ2n) is 5.85. The van der Waals surface area contributed by atoms with E-state index >= 15 is 0 Å². The van der Waals surface area contributed by atoms with Crippen molar-refractivity contribution in [3.8, 4) is 5.75 Å². The van der Waals surface area contributed by atoms with E-state index in [0.29, 0.717) is 12.0 Å². The molecule has 1 aliphatic heterocycles. The number of nitrogens with zero attached hydrogens (tertiary/aromatic N) is 1. The molecule has 2 N–H and O–H groups in total. The molecule has 0 radical (unpaired) electrons. The van der Waals surface area contributed by atoms with Crippen molar-refractivity contribution in [2.75, 3.05) is 26.2 Å². The van der Waals surface area contributed by atoms with Crippen LogP contribution in [-0.2, 0) is 6.42 Å². The van der Waals surface area contributed by atoms with Crippen molar-refractivity contribution in [2.24, 2.45) is 11.7 Å². The van der Waals surface area contributed by atoms with Crippen molar-refractivity contribution in [1.29, 1.82) is 0 Å². The molecule has 0 aliphatic carbocycles. The standard InChI is InChI=1S/C16H26N2O/c1-13(2)11-18(9-5-8-17)12-15-10-14-6-3-4-7-16(14)19-15/h3-4,6-7,13,15H,5,8-12,17H2,1-2H3. The molecule has 0 spiro atoms. The van der Waals surface area contributed by atoms with Gasteiger partial charge in [-0.05, 0) is 37.1 Å². The molecular formula is C16H26N2O. The van der Waals surface area contributed by atoms with Crippen LogP contribution in [0.25, 0.3) is 0 Å². The van der Waals surface area contributed by atoms with E-state index in [1.165, 1.54) is 5.56 Å². The third-order valence-electron chi connectivity index (χ3n) is 3.48. The first-order chi connectivity index (χ1) is 9.19. The van der Waals surface area contributed by atoms with Gasteiger partial charge < -0.3 is 10.5 Å². The van der Waals surface area contributed by atoms with Crippen LogP contribution in [0.4, 0.5) is 0 Å². The summed E-state index contributed by atoms with van der Waals surface area (Å²) in [5.74, 6) is 1.75. The van der Waals surface area contributed by atoms with Gasteiger partial charge in [0, 0.05) is 19.5 Å². The second kappa shape index (κ2) is 6.92. The van der Waals surface area contributed by atoms with Gasteiger partial charge in [0.25, 0.3) is 0 Å². The molecule has 0 aromatic heterocycles. The lowest BCUT2D eigenvalue weighted by Crippen LogP contribution is -2.38. The SMILES string of the molecule is CC(C)CN(CCCN)CC1Cc2ccccc2O1. The third-order valence-corrected chi connectivity index (χ3v) is 3.48. The summed E-state index contributed by atoms with van der Waals surface area (Å²) in [5, 5.41) is 0. The molecule has 0 saturated carbocycles. The molecule has 3 nitrogen and oxygen atoms in total. The minimum absolute atomic E-state index is 0.300. The highest BCUT2D eigenvalue weighted by atomic mass is 16.5. The first-order valence-electron chi connectivity index (χ1n) is 7.36. The first-order valence-corrected chi connectivity index (χ1v) is 7.36. The zero-order valence-electron chi connectivity index (χ0n) is 12.1. The Morgan fingerprint density at radius 3 is 2.84 bits per heavy atom. The fourth-order valence-electron chi connectivity index (χ4n) is 2.73. The molecule has 1 heterocycles. The van der Waals surface area contributed by atoms with Crippen molar-refractivity contribution in [2.45, 2.75) is 32.8 Å². The van der Waals surface area contributed by atoms with Gasteiger partial charge in [-0.2, -0.15) is 0 Å². The Balaban J connectivity index is 1.88. The van der Waals surface area contributed by atoms with Gasteiger partial charge in [-0.25, -0.2) is 0 Å². The van der Waals surface area contributed by atoms with Gasteiger partial charge >= 0.3 is 0 Å². The van der Waals surface area contributed by atoms with Gasteiger partial charge in [-0.15, -0.1) is 0 Å². The summed E-state index contributed by atoms with van der Waals surface area (Å²) in [6.07, 6.45) is 2.40. The molecule has 0 bridgehead atoms. The Hall–Kier alpha value is -1.06. The van der Waals surface area contributed by atoms with Crippen molar-refractivity contribution >= 4 is 0 Å². The lowest BCUT2D eigenvalue weighted by molar-refractivity contribution is 0.140. The number of fused-ring (bicyclic) bond motifs is 1. The Bertz CT molecular complexity index is 367. The van der Waals surface area contributed by atoms with Crippen molar-refractivity contribution in [1.82, 2.24) is 4.90 Å². The summed E-state index contributed by atoms with van der Waals surface area (Å²) in [6, 6.07) is 8.37. The predicted molar refractivity (Wildman–Crippen MR) is 79.5 cm³/mol. The number of hydrogen-bond acceptors (Lipinski definition) is 3. The number of ether oxygens (including phenoxy) is 1. The Morgan fingerprint density at radius 2 is 2.16 bits per heavy atom. The van der Waals surface area contributed by atoms with E-state index in [1.807, 2.05) is 6.07 Å². The molecule has 3 heteroatoms. The van der Waals surface area contributed by atoms with Crippen molar-refractivity contribution in [3.05, 3.63) is 29.8 Å². The van der Waals surface area contributed by atoms with Gasteiger partial charge in [0.2, 0.25) is 0 Å². The van der Waals surface area contributed by atoms with E-state index in [2.05, 4.69) is 36.9 Å². The van der Waals surface area contributed by atoms with Crippen LogP contribution in [0.3, 0.4) is 0 Å². The van der Waals surface area contributed by atoms with E-state index in [4.69, 9.17) is 10.5 Å². The number of nitrogens with two attached hydrogens (primary N) is 1. The first kappa shape index (κ1) is 14.4. The summed E-state index contributed by atoms with van der Waals surface area (Å²) in [5.41, 5.74) is 6.97. The van der Waals surface area contributed by atoms with Gasteiger partial charge in [-0.1, -0.05) is 32.0 Å². The largest absolute Gasteiger partial charge is 0.488 e. The molecule has 2 rings (SSSR count). The molecule has 106 valence electrons. The van der Waals surface area contributed by atoms with Gasteiger partial charge in [-0.3, -0.25) is 4.90 Å². The number of rotatable bonds is 7. The maximum Gasteiger partial charge on any atom is 0.123 e. The molecule has 0 fully saturated rings. The monoisotopic (exact) mass is 262 g/mol. The van der Waals surface area contributed by atoms with Crippen molar-refractivity contribution < 1.29 is 4.74 Å². The Morgan fingerprint density at radius 1 is 1.37 bits per heavy atom. The van der Waals surface area contributed by atoms with Crippen LogP contribution in [0.5, 0.6) is 5.75 Å². The molecule has 0 amide bonds. The van der Waals surface area contributed by atoms with Crippen LogP contribution < -0.4 is 10.5 Å². The normalized spacial score (nSPS) is 17.8. The average molecular weight is 262 g/mol. The maximum absolute atomic E-state index is 6.03. The van der Waals surface area contributed by atoms with Crippen LogP contribution in [0.1, 0.15) is 25.8 Å². The molecule has 1 unspecified atom stereocenters. The molecule has 0 saturated heterocycles. The van der Waals surface area contributed by atoms with Crippen LogP contribution in [0.15, 0.2) is 24.3 Å². The molecular weight excluding hydrogens is 236 g/mol.